The number of fused-ring (bicyclic) bond motifs is 1. The van der Waals surface area contributed by atoms with Gasteiger partial charge < -0.3 is 10.1 Å². The molecule has 0 fully saturated rings. The van der Waals surface area contributed by atoms with E-state index >= 15 is 0 Å². The number of hydrogen-bond acceptors (Lipinski definition) is 5. The lowest BCUT2D eigenvalue weighted by molar-refractivity contribution is 0.210. The minimum Gasteiger partial charge on any atom is -0.383 e. The van der Waals surface area contributed by atoms with Crippen LogP contribution in [-0.4, -0.2) is 44.4 Å². The number of methoxy groups -OCH3 is 1. The monoisotopic (exact) mass is 286 g/mol. The third-order valence-corrected chi connectivity index (χ3v) is 3.52. The van der Waals surface area contributed by atoms with E-state index in [-0.39, 0.29) is 0 Å². The summed E-state index contributed by atoms with van der Waals surface area (Å²) in [5, 5.41) is 7.68. The highest BCUT2D eigenvalue weighted by molar-refractivity contribution is 5.77. The fourth-order valence-electron chi connectivity index (χ4n) is 2.27. The maximum Gasteiger partial charge on any atom is 0.157 e. The molecule has 7 heteroatoms. The molecule has 1 N–H and O–H groups in total. The van der Waals surface area contributed by atoms with Crippen molar-refractivity contribution in [2.45, 2.75) is 6.92 Å². The standard InChI is InChI=1S/C14H18N6O/c1-10-11(8-17-19(10)2)13-14(16-5-7-21-3)20-6-4-15-9-12(20)18-13/h4,6,8-9,16H,5,7H2,1-3H3. The number of imidazole rings is 1. The number of ether oxygens (including phenoxy) is 1. The predicted octanol–water partition coefficient (Wildman–Crippen LogP) is 1.50. The van der Waals surface area contributed by atoms with E-state index in [0.29, 0.717) is 13.2 Å². The Hall–Kier alpha value is -2.41. The molecule has 0 aliphatic rings. The van der Waals surface area contributed by atoms with Crippen LogP contribution in [0.5, 0.6) is 0 Å². The number of nitrogens with one attached hydrogen (secondary N) is 1. The van der Waals surface area contributed by atoms with Gasteiger partial charge in [0.15, 0.2) is 5.65 Å². The summed E-state index contributed by atoms with van der Waals surface area (Å²) in [6.45, 7) is 3.37. The van der Waals surface area contributed by atoms with Crippen molar-refractivity contribution in [3.05, 3.63) is 30.5 Å². The van der Waals surface area contributed by atoms with Gasteiger partial charge in [0.1, 0.15) is 11.5 Å². The minimum absolute atomic E-state index is 0.629. The molecule has 0 saturated carbocycles. The number of nitrogens with zero attached hydrogens (tertiary/aromatic N) is 5. The third-order valence-electron chi connectivity index (χ3n) is 3.52. The Balaban J connectivity index is 2.12. The van der Waals surface area contributed by atoms with Crippen molar-refractivity contribution in [3.8, 4) is 11.3 Å². The van der Waals surface area contributed by atoms with Gasteiger partial charge in [-0.1, -0.05) is 0 Å². The highest BCUT2D eigenvalue weighted by Gasteiger charge is 2.17. The summed E-state index contributed by atoms with van der Waals surface area (Å²) in [6, 6.07) is 0. The van der Waals surface area contributed by atoms with Gasteiger partial charge in [-0.05, 0) is 6.92 Å². The maximum atomic E-state index is 5.10. The molecule has 3 aromatic heterocycles. The van der Waals surface area contributed by atoms with Crippen molar-refractivity contribution in [1.82, 2.24) is 24.1 Å². The molecular formula is C14H18N6O. The fourth-order valence-corrected chi connectivity index (χ4v) is 2.27. The van der Waals surface area contributed by atoms with Crippen LogP contribution >= 0.6 is 0 Å². The average Bonchev–Trinajstić information content (AvgIpc) is 3.01. The number of aryl methyl sites for hydroxylation is 1. The van der Waals surface area contributed by atoms with Crippen molar-refractivity contribution in [1.29, 1.82) is 0 Å². The van der Waals surface area contributed by atoms with Crippen LogP contribution in [0.25, 0.3) is 16.9 Å². The quantitative estimate of drug-likeness (QED) is 0.720. The summed E-state index contributed by atoms with van der Waals surface area (Å²) in [4.78, 5) is 8.81. The first kappa shape index (κ1) is 13.6. The molecule has 0 atom stereocenters. The third kappa shape index (κ3) is 2.36. The van der Waals surface area contributed by atoms with Gasteiger partial charge in [0, 0.05) is 44.4 Å². The molecule has 0 aliphatic carbocycles. The van der Waals surface area contributed by atoms with Crippen LogP contribution in [-0.2, 0) is 11.8 Å². The number of hydrogen-bond donors (Lipinski definition) is 1. The van der Waals surface area contributed by atoms with Crippen LogP contribution in [0.4, 0.5) is 5.82 Å². The van der Waals surface area contributed by atoms with E-state index in [1.165, 1.54) is 0 Å². The lowest BCUT2D eigenvalue weighted by atomic mass is 10.2. The topological polar surface area (TPSA) is 69.3 Å². The normalized spacial score (nSPS) is 11.2. The number of rotatable bonds is 5. The molecule has 3 rings (SSSR count). The molecule has 3 aromatic rings. The Morgan fingerprint density at radius 1 is 1.33 bits per heavy atom. The Bertz CT molecular complexity index is 760. The van der Waals surface area contributed by atoms with Gasteiger partial charge >= 0.3 is 0 Å². The molecule has 0 radical (unpaired) electrons. The first-order valence-corrected chi connectivity index (χ1v) is 6.76. The molecule has 3 heterocycles. The first-order chi connectivity index (χ1) is 10.2. The molecule has 0 unspecified atom stereocenters. The molecule has 0 spiro atoms. The average molecular weight is 286 g/mol. The second-order valence-electron chi connectivity index (χ2n) is 4.80. The van der Waals surface area contributed by atoms with E-state index in [0.717, 1.165) is 28.4 Å². The molecule has 0 amide bonds. The zero-order valence-corrected chi connectivity index (χ0v) is 12.4. The number of aromatic nitrogens is 5. The summed E-state index contributed by atoms with van der Waals surface area (Å²) >= 11 is 0. The maximum absolute atomic E-state index is 5.10. The van der Waals surface area contributed by atoms with Gasteiger partial charge in [0.2, 0.25) is 0 Å². The second kappa shape index (κ2) is 5.53. The van der Waals surface area contributed by atoms with Gasteiger partial charge in [-0.25, -0.2) is 4.98 Å². The van der Waals surface area contributed by atoms with Crippen LogP contribution in [0.2, 0.25) is 0 Å². The van der Waals surface area contributed by atoms with Crippen LogP contribution < -0.4 is 5.32 Å². The second-order valence-corrected chi connectivity index (χ2v) is 4.80. The predicted molar refractivity (Wildman–Crippen MR) is 80.3 cm³/mol. The van der Waals surface area contributed by atoms with E-state index < -0.39 is 0 Å². The van der Waals surface area contributed by atoms with E-state index in [9.17, 15) is 0 Å². The van der Waals surface area contributed by atoms with Crippen molar-refractivity contribution in [3.63, 3.8) is 0 Å². The Kier molecular flexibility index (Phi) is 3.57. The molecule has 0 aliphatic heterocycles. The Morgan fingerprint density at radius 3 is 2.90 bits per heavy atom. The first-order valence-electron chi connectivity index (χ1n) is 6.76. The lowest BCUT2D eigenvalue weighted by Crippen LogP contribution is -2.10. The molecule has 0 aromatic carbocycles. The highest BCUT2D eigenvalue weighted by atomic mass is 16.5. The SMILES string of the molecule is COCCNc1c(-c2cnn(C)c2C)nc2cnccn12. The van der Waals surface area contributed by atoms with E-state index in [1.807, 2.05) is 35.4 Å². The summed E-state index contributed by atoms with van der Waals surface area (Å²) in [5.74, 6) is 0.931. The molecule has 21 heavy (non-hydrogen) atoms. The van der Waals surface area contributed by atoms with Crippen molar-refractivity contribution in [2.75, 3.05) is 25.6 Å². The summed E-state index contributed by atoms with van der Waals surface area (Å²) in [6.07, 6.45) is 7.23. The summed E-state index contributed by atoms with van der Waals surface area (Å²) in [5.41, 5.74) is 3.77. The van der Waals surface area contributed by atoms with Crippen molar-refractivity contribution < 1.29 is 4.74 Å². The van der Waals surface area contributed by atoms with E-state index in [4.69, 9.17) is 4.74 Å². The van der Waals surface area contributed by atoms with Gasteiger partial charge in [-0.15, -0.1) is 0 Å². The van der Waals surface area contributed by atoms with Gasteiger partial charge in [0.05, 0.1) is 19.0 Å². The van der Waals surface area contributed by atoms with Crippen LogP contribution in [0, 0.1) is 6.92 Å². The molecule has 0 bridgehead atoms. The van der Waals surface area contributed by atoms with Crippen LogP contribution in [0.3, 0.4) is 0 Å². The number of anilines is 1. The smallest absolute Gasteiger partial charge is 0.157 e. The van der Waals surface area contributed by atoms with E-state index in [1.54, 1.807) is 19.5 Å². The van der Waals surface area contributed by atoms with Gasteiger partial charge in [-0.2, -0.15) is 5.10 Å². The molecular weight excluding hydrogens is 268 g/mol. The molecule has 7 nitrogen and oxygen atoms in total. The Morgan fingerprint density at radius 2 is 2.19 bits per heavy atom. The Labute approximate surface area is 122 Å². The lowest BCUT2D eigenvalue weighted by Gasteiger charge is -2.07. The van der Waals surface area contributed by atoms with E-state index in [2.05, 4.69) is 20.4 Å². The van der Waals surface area contributed by atoms with Gasteiger partial charge in [0.25, 0.3) is 0 Å². The zero-order chi connectivity index (χ0) is 14.8. The van der Waals surface area contributed by atoms with Crippen molar-refractivity contribution >= 4 is 11.5 Å². The highest BCUT2D eigenvalue weighted by Crippen LogP contribution is 2.30. The summed E-state index contributed by atoms with van der Waals surface area (Å²) in [7, 11) is 3.61. The minimum atomic E-state index is 0.629. The van der Waals surface area contributed by atoms with Crippen LogP contribution in [0.15, 0.2) is 24.8 Å². The molecule has 110 valence electrons. The molecule has 0 saturated heterocycles. The van der Waals surface area contributed by atoms with Gasteiger partial charge in [-0.3, -0.25) is 14.1 Å². The fraction of sp³-hybridized carbons (Fsp3) is 0.357. The van der Waals surface area contributed by atoms with Crippen LogP contribution in [0.1, 0.15) is 5.69 Å². The summed E-state index contributed by atoms with van der Waals surface area (Å²) < 4.78 is 8.94. The zero-order valence-electron chi connectivity index (χ0n) is 12.4. The largest absolute Gasteiger partial charge is 0.383 e. The van der Waals surface area contributed by atoms with Crippen molar-refractivity contribution in [2.24, 2.45) is 7.05 Å².